The van der Waals surface area contributed by atoms with Crippen LogP contribution in [0.3, 0.4) is 0 Å². The Morgan fingerprint density at radius 1 is 1.53 bits per heavy atom. The second kappa shape index (κ2) is 6.91. The van der Waals surface area contributed by atoms with Crippen LogP contribution in [-0.2, 0) is 0 Å². The first kappa shape index (κ1) is 16.0. The summed E-state index contributed by atoms with van der Waals surface area (Å²) < 4.78 is 5.06. The highest BCUT2D eigenvalue weighted by molar-refractivity contribution is 5.96. The van der Waals surface area contributed by atoms with Crippen LogP contribution in [0, 0.1) is 19.8 Å². The summed E-state index contributed by atoms with van der Waals surface area (Å²) in [6, 6.07) is 0. The number of hydrogen-bond acceptors (Lipinski definition) is 4. The lowest BCUT2D eigenvalue weighted by atomic mass is 9.94. The Labute approximate surface area is 119 Å². The molecule has 1 amide bonds. The number of likely N-dealkylation sites (tertiary alicyclic amines) is 1. The normalized spacial score (nSPS) is 19.1. The topological polar surface area (TPSA) is 72.4 Å². The summed E-state index contributed by atoms with van der Waals surface area (Å²) >= 11 is 0. The summed E-state index contributed by atoms with van der Waals surface area (Å²) in [7, 11) is 0. The minimum Gasteiger partial charge on any atom is -0.361 e. The molecule has 1 fully saturated rings. The van der Waals surface area contributed by atoms with Crippen LogP contribution < -0.4 is 5.73 Å². The molecule has 2 rings (SSSR count). The first-order chi connectivity index (χ1) is 8.63. The van der Waals surface area contributed by atoms with E-state index in [1.54, 1.807) is 6.92 Å². The highest BCUT2D eigenvalue weighted by atomic mass is 35.5. The van der Waals surface area contributed by atoms with Crippen LogP contribution in [0.15, 0.2) is 4.52 Å². The number of amides is 1. The van der Waals surface area contributed by atoms with E-state index in [2.05, 4.69) is 5.16 Å². The molecule has 1 saturated heterocycles. The van der Waals surface area contributed by atoms with Crippen molar-refractivity contribution in [3.8, 4) is 0 Å². The maximum atomic E-state index is 12.4. The van der Waals surface area contributed by atoms with Crippen LogP contribution in [-0.4, -0.2) is 35.6 Å². The van der Waals surface area contributed by atoms with Gasteiger partial charge in [-0.1, -0.05) is 5.16 Å². The molecule has 108 valence electrons. The van der Waals surface area contributed by atoms with Crippen molar-refractivity contribution in [2.45, 2.75) is 33.1 Å². The van der Waals surface area contributed by atoms with Crippen LogP contribution in [0.4, 0.5) is 0 Å². The van der Waals surface area contributed by atoms with Crippen molar-refractivity contribution in [1.82, 2.24) is 10.1 Å². The van der Waals surface area contributed by atoms with Gasteiger partial charge < -0.3 is 15.2 Å². The van der Waals surface area contributed by atoms with E-state index in [1.165, 1.54) is 6.42 Å². The van der Waals surface area contributed by atoms with Crippen LogP contribution in [0.1, 0.15) is 41.1 Å². The van der Waals surface area contributed by atoms with Crippen molar-refractivity contribution >= 4 is 18.3 Å². The van der Waals surface area contributed by atoms with E-state index in [4.69, 9.17) is 10.3 Å². The summed E-state index contributed by atoms with van der Waals surface area (Å²) in [6.07, 6.45) is 3.22. The number of carbonyl (C=O) groups is 1. The van der Waals surface area contributed by atoms with Gasteiger partial charge in [0.15, 0.2) is 0 Å². The molecule has 1 aromatic heterocycles. The molecule has 19 heavy (non-hydrogen) atoms. The van der Waals surface area contributed by atoms with Gasteiger partial charge in [0.05, 0.1) is 5.69 Å². The predicted molar refractivity (Wildman–Crippen MR) is 75.5 cm³/mol. The average Bonchev–Trinajstić information content (AvgIpc) is 2.69. The first-order valence-corrected chi connectivity index (χ1v) is 6.55. The fourth-order valence-corrected chi connectivity index (χ4v) is 2.67. The molecule has 0 radical (unpaired) electrons. The molecular weight excluding hydrogens is 266 g/mol. The van der Waals surface area contributed by atoms with Gasteiger partial charge >= 0.3 is 0 Å². The van der Waals surface area contributed by atoms with Crippen LogP contribution in [0.25, 0.3) is 0 Å². The second-order valence-electron chi connectivity index (χ2n) is 5.04. The number of carbonyl (C=O) groups excluding carboxylic acids is 1. The number of halogens is 1. The summed E-state index contributed by atoms with van der Waals surface area (Å²) in [4.78, 5) is 14.4. The average molecular weight is 288 g/mol. The zero-order valence-corrected chi connectivity index (χ0v) is 12.3. The van der Waals surface area contributed by atoms with Crippen molar-refractivity contribution in [2.24, 2.45) is 11.7 Å². The van der Waals surface area contributed by atoms with E-state index in [-0.39, 0.29) is 18.3 Å². The van der Waals surface area contributed by atoms with Crippen LogP contribution in [0.5, 0.6) is 0 Å². The Balaban J connectivity index is 0.00000180. The molecule has 2 N–H and O–H groups in total. The van der Waals surface area contributed by atoms with Gasteiger partial charge in [-0.25, -0.2) is 0 Å². The minimum atomic E-state index is 0. The van der Waals surface area contributed by atoms with Gasteiger partial charge in [0.1, 0.15) is 11.3 Å². The number of aryl methyl sites for hydroxylation is 2. The van der Waals surface area contributed by atoms with Crippen molar-refractivity contribution in [2.75, 3.05) is 19.6 Å². The molecule has 1 aliphatic rings. The van der Waals surface area contributed by atoms with Gasteiger partial charge in [-0.15, -0.1) is 12.4 Å². The second-order valence-corrected chi connectivity index (χ2v) is 5.04. The van der Waals surface area contributed by atoms with Gasteiger partial charge in [-0.3, -0.25) is 4.79 Å². The lowest BCUT2D eigenvalue weighted by Gasteiger charge is -2.32. The van der Waals surface area contributed by atoms with E-state index in [0.29, 0.717) is 29.5 Å². The highest BCUT2D eigenvalue weighted by Crippen LogP contribution is 2.22. The predicted octanol–water partition coefficient (Wildman–Crippen LogP) is 1.91. The Morgan fingerprint density at radius 3 is 2.84 bits per heavy atom. The van der Waals surface area contributed by atoms with Crippen molar-refractivity contribution < 1.29 is 9.32 Å². The van der Waals surface area contributed by atoms with Gasteiger partial charge in [-0.2, -0.15) is 0 Å². The smallest absolute Gasteiger partial charge is 0.259 e. The molecule has 1 atom stereocenters. The zero-order chi connectivity index (χ0) is 13.1. The largest absolute Gasteiger partial charge is 0.361 e. The molecule has 2 heterocycles. The molecule has 6 heteroatoms. The van der Waals surface area contributed by atoms with E-state index in [1.807, 2.05) is 11.8 Å². The molecule has 1 aliphatic heterocycles. The maximum Gasteiger partial charge on any atom is 0.259 e. The Morgan fingerprint density at radius 2 is 2.26 bits per heavy atom. The third-order valence-electron chi connectivity index (χ3n) is 3.63. The molecule has 0 saturated carbocycles. The van der Waals surface area contributed by atoms with E-state index in [9.17, 15) is 4.79 Å². The fraction of sp³-hybridized carbons (Fsp3) is 0.692. The summed E-state index contributed by atoms with van der Waals surface area (Å²) in [5.41, 5.74) is 6.90. The lowest BCUT2D eigenvalue weighted by Crippen LogP contribution is -2.40. The molecule has 1 unspecified atom stereocenters. The molecule has 0 spiro atoms. The molecule has 0 aromatic carbocycles. The quantitative estimate of drug-likeness (QED) is 0.922. The standard InChI is InChI=1S/C13H21N3O2.ClH/c1-9-12(10(2)18-15-9)13(17)16-7-3-4-11(8-16)5-6-14;/h11H,3-8,14H2,1-2H3;1H. The highest BCUT2D eigenvalue weighted by Gasteiger charge is 2.27. The van der Waals surface area contributed by atoms with Crippen molar-refractivity contribution in [3.63, 3.8) is 0 Å². The molecule has 1 aromatic rings. The monoisotopic (exact) mass is 287 g/mol. The minimum absolute atomic E-state index is 0. The molecular formula is C13H22ClN3O2. The lowest BCUT2D eigenvalue weighted by molar-refractivity contribution is 0.0667. The Hall–Kier alpha value is -1.07. The number of rotatable bonds is 3. The van der Waals surface area contributed by atoms with Gasteiger partial charge in [0, 0.05) is 13.1 Å². The van der Waals surface area contributed by atoms with Crippen LogP contribution in [0.2, 0.25) is 0 Å². The maximum absolute atomic E-state index is 12.4. The first-order valence-electron chi connectivity index (χ1n) is 6.55. The Bertz CT molecular complexity index is 412. The fourth-order valence-electron chi connectivity index (χ4n) is 2.67. The third-order valence-corrected chi connectivity index (χ3v) is 3.63. The molecule has 0 aliphatic carbocycles. The summed E-state index contributed by atoms with van der Waals surface area (Å²) in [6.45, 7) is 5.92. The van der Waals surface area contributed by atoms with Crippen LogP contribution >= 0.6 is 12.4 Å². The molecule has 5 nitrogen and oxygen atoms in total. The number of aromatic nitrogens is 1. The summed E-state index contributed by atoms with van der Waals surface area (Å²) in [5.74, 6) is 1.19. The van der Waals surface area contributed by atoms with Gasteiger partial charge in [0.2, 0.25) is 0 Å². The molecule has 0 bridgehead atoms. The number of nitrogens with two attached hydrogens (primary N) is 1. The zero-order valence-electron chi connectivity index (χ0n) is 11.5. The van der Waals surface area contributed by atoms with Gasteiger partial charge in [0.25, 0.3) is 5.91 Å². The SMILES string of the molecule is Cc1noc(C)c1C(=O)N1CCCC(CCN)C1.Cl. The Kier molecular flexibility index (Phi) is 5.82. The van der Waals surface area contributed by atoms with Crippen molar-refractivity contribution in [1.29, 1.82) is 0 Å². The van der Waals surface area contributed by atoms with E-state index in [0.717, 1.165) is 25.9 Å². The number of hydrogen-bond donors (Lipinski definition) is 1. The van der Waals surface area contributed by atoms with E-state index >= 15 is 0 Å². The summed E-state index contributed by atoms with van der Waals surface area (Å²) in [5, 5.41) is 3.84. The number of nitrogens with zero attached hydrogens (tertiary/aromatic N) is 2. The van der Waals surface area contributed by atoms with E-state index < -0.39 is 0 Å². The van der Waals surface area contributed by atoms with Gasteiger partial charge in [-0.05, 0) is 45.6 Å². The van der Waals surface area contributed by atoms with Crippen molar-refractivity contribution in [3.05, 3.63) is 17.0 Å². The third kappa shape index (κ3) is 3.48. The number of piperidine rings is 1.